The summed E-state index contributed by atoms with van der Waals surface area (Å²) < 4.78 is 0. The molecule has 1 amide bonds. The molecule has 1 aromatic carbocycles. The number of hydrogen-bond donors (Lipinski definition) is 1. The first kappa shape index (κ1) is 16.4. The van der Waals surface area contributed by atoms with Crippen LogP contribution in [0, 0.1) is 6.92 Å². The minimum absolute atomic E-state index is 0.0356. The standard InChI is InChI=1S/C19H20N6O/c1-13-20-11-14-9-15(7-8-18(14)22-13)23-19(26)10-16-12-21-25(24-16)17-5-3-2-4-6-17/h2-6,11-12,15H,7-10H2,1H3,(H,23,26). The number of carbonyl (C=O) groups is 1. The van der Waals surface area contributed by atoms with Gasteiger partial charge in [0.2, 0.25) is 5.91 Å². The molecule has 1 aliphatic rings. The predicted molar refractivity (Wildman–Crippen MR) is 95.8 cm³/mol. The third kappa shape index (κ3) is 3.61. The minimum Gasteiger partial charge on any atom is -0.353 e. The van der Waals surface area contributed by atoms with Gasteiger partial charge in [-0.05, 0) is 43.9 Å². The molecule has 3 aromatic rings. The zero-order valence-corrected chi connectivity index (χ0v) is 14.6. The lowest BCUT2D eigenvalue weighted by Gasteiger charge is -2.24. The van der Waals surface area contributed by atoms with Crippen LogP contribution in [0.5, 0.6) is 0 Å². The molecular formula is C19H20N6O. The molecule has 7 nitrogen and oxygen atoms in total. The molecule has 0 bridgehead atoms. The van der Waals surface area contributed by atoms with E-state index in [4.69, 9.17) is 0 Å². The zero-order valence-electron chi connectivity index (χ0n) is 14.6. The Balaban J connectivity index is 1.36. The molecule has 2 heterocycles. The smallest absolute Gasteiger partial charge is 0.226 e. The SMILES string of the molecule is Cc1ncc2c(n1)CCC(NC(=O)Cc1cnn(-c3ccccc3)n1)C2. The number of hydrogen-bond acceptors (Lipinski definition) is 5. The maximum Gasteiger partial charge on any atom is 0.226 e. The van der Waals surface area contributed by atoms with Gasteiger partial charge in [0.15, 0.2) is 0 Å². The molecule has 2 aromatic heterocycles. The van der Waals surface area contributed by atoms with E-state index in [1.54, 1.807) is 11.0 Å². The van der Waals surface area contributed by atoms with Gasteiger partial charge >= 0.3 is 0 Å². The summed E-state index contributed by atoms with van der Waals surface area (Å²) in [5, 5.41) is 11.7. The van der Waals surface area contributed by atoms with Gasteiger partial charge in [-0.2, -0.15) is 15.0 Å². The van der Waals surface area contributed by atoms with Gasteiger partial charge in [0.05, 0.1) is 24.0 Å². The van der Waals surface area contributed by atoms with E-state index in [-0.39, 0.29) is 18.4 Å². The van der Waals surface area contributed by atoms with Gasteiger partial charge < -0.3 is 5.32 Å². The molecule has 7 heteroatoms. The van der Waals surface area contributed by atoms with E-state index in [1.165, 1.54) is 0 Å². The lowest BCUT2D eigenvalue weighted by Crippen LogP contribution is -2.40. The van der Waals surface area contributed by atoms with Crippen LogP contribution in [-0.4, -0.2) is 36.9 Å². The highest BCUT2D eigenvalue weighted by atomic mass is 16.1. The highest BCUT2D eigenvalue weighted by Crippen LogP contribution is 2.19. The second-order valence-corrected chi connectivity index (χ2v) is 6.53. The number of fused-ring (bicyclic) bond motifs is 1. The number of amides is 1. The van der Waals surface area contributed by atoms with Crippen molar-refractivity contribution in [1.82, 2.24) is 30.3 Å². The summed E-state index contributed by atoms with van der Waals surface area (Å²) in [5.41, 5.74) is 3.76. The summed E-state index contributed by atoms with van der Waals surface area (Å²) in [6, 6.07) is 9.76. The first-order chi connectivity index (χ1) is 12.7. The van der Waals surface area contributed by atoms with Crippen LogP contribution in [0.3, 0.4) is 0 Å². The van der Waals surface area contributed by atoms with Crippen LogP contribution in [0.2, 0.25) is 0 Å². The molecule has 26 heavy (non-hydrogen) atoms. The predicted octanol–water partition coefficient (Wildman–Crippen LogP) is 1.58. The maximum absolute atomic E-state index is 12.4. The van der Waals surface area contributed by atoms with Crippen molar-refractivity contribution >= 4 is 5.91 Å². The van der Waals surface area contributed by atoms with Gasteiger partial charge in [0.1, 0.15) is 5.82 Å². The normalized spacial score (nSPS) is 16.1. The van der Waals surface area contributed by atoms with E-state index in [9.17, 15) is 4.79 Å². The summed E-state index contributed by atoms with van der Waals surface area (Å²) in [6.45, 7) is 1.90. The van der Waals surface area contributed by atoms with Crippen molar-refractivity contribution in [2.24, 2.45) is 0 Å². The maximum atomic E-state index is 12.4. The van der Waals surface area contributed by atoms with Crippen molar-refractivity contribution in [3.05, 3.63) is 65.5 Å². The number of nitrogens with zero attached hydrogens (tertiary/aromatic N) is 5. The van der Waals surface area contributed by atoms with Gasteiger partial charge in [-0.25, -0.2) is 9.97 Å². The molecule has 0 saturated carbocycles. The van der Waals surface area contributed by atoms with Crippen LogP contribution >= 0.6 is 0 Å². The Bertz CT molecular complexity index is 921. The number of aryl methyl sites for hydroxylation is 2. The summed E-state index contributed by atoms with van der Waals surface area (Å²) >= 11 is 0. The molecule has 1 N–H and O–H groups in total. The van der Waals surface area contributed by atoms with Crippen molar-refractivity contribution in [1.29, 1.82) is 0 Å². The van der Waals surface area contributed by atoms with Gasteiger partial charge in [0, 0.05) is 17.9 Å². The Labute approximate surface area is 151 Å². The van der Waals surface area contributed by atoms with E-state index in [0.29, 0.717) is 5.69 Å². The van der Waals surface area contributed by atoms with Crippen LogP contribution in [0.4, 0.5) is 0 Å². The molecule has 4 rings (SSSR count). The average Bonchev–Trinajstić information content (AvgIpc) is 3.11. The number of para-hydroxylation sites is 1. The molecule has 1 unspecified atom stereocenters. The van der Waals surface area contributed by atoms with Crippen molar-refractivity contribution in [3.63, 3.8) is 0 Å². The fourth-order valence-electron chi connectivity index (χ4n) is 3.24. The molecule has 1 aliphatic carbocycles. The number of nitrogens with one attached hydrogen (secondary N) is 1. The monoisotopic (exact) mass is 348 g/mol. The Morgan fingerprint density at radius 1 is 1.27 bits per heavy atom. The number of benzene rings is 1. The fraction of sp³-hybridized carbons (Fsp3) is 0.316. The van der Waals surface area contributed by atoms with Crippen molar-refractivity contribution in [3.8, 4) is 5.69 Å². The Hall–Kier alpha value is -3.09. The third-order valence-corrected chi connectivity index (χ3v) is 4.50. The number of rotatable bonds is 4. The van der Waals surface area contributed by atoms with Crippen LogP contribution in [0.15, 0.2) is 42.7 Å². The lowest BCUT2D eigenvalue weighted by molar-refractivity contribution is -0.121. The second kappa shape index (κ2) is 7.03. The van der Waals surface area contributed by atoms with E-state index < -0.39 is 0 Å². The van der Waals surface area contributed by atoms with Crippen LogP contribution in [0.1, 0.15) is 29.2 Å². The number of aromatic nitrogens is 5. The summed E-state index contributed by atoms with van der Waals surface area (Å²) in [5.74, 6) is 0.763. The highest BCUT2D eigenvalue weighted by Gasteiger charge is 2.22. The average molecular weight is 348 g/mol. The summed E-state index contributed by atoms with van der Waals surface area (Å²) in [7, 11) is 0. The van der Waals surface area contributed by atoms with Crippen molar-refractivity contribution < 1.29 is 4.79 Å². The van der Waals surface area contributed by atoms with E-state index in [1.807, 2.05) is 43.5 Å². The Morgan fingerprint density at radius 3 is 2.96 bits per heavy atom. The Morgan fingerprint density at radius 2 is 2.12 bits per heavy atom. The van der Waals surface area contributed by atoms with E-state index in [2.05, 4.69) is 25.5 Å². The quantitative estimate of drug-likeness (QED) is 0.774. The molecule has 0 spiro atoms. The zero-order chi connectivity index (χ0) is 17.9. The topological polar surface area (TPSA) is 85.6 Å². The van der Waals surface area contributed by atoms with Crippen LogP contribution < -0.4 is 5.32 Å². The molecule has 0 fully saturated rings. The highest BCUT2D eigenvalue weighted by molar-refractivity contribution is 5.78. The molecular weight excluding hydrogens is 328 g/mol. The largest absolute Gasteiger partial charge is 0.353 e. The molecule has 132 valence electrons. The van der Waals surface area contributed by atoms with Gasteiger partial charge in [0.25, 0.3) is 0 Å². The lowest BCUT2D eigenvalue weighted by atomic mass is 9.92. The minimum atomic E-state index is -0.0356. The second-order valence-electron chi connectivity index (χ2n) is 6.53. The Kier molecular flexibility index (Phi) is 4.43. The summed E-state index contributed by atoms with van der Waals surface area (Å²) in [6.07, 6.45) is 6.28. The molecule has 0 radical (unpaired) electrons. The fourth-order valence-corrected chi connectivity index (χ4v) is 3.24. The van der Waals surface area contributed by atoms with E-state index in [0.717, 1.165) is 42.0 Å². The van der Waals surface area contributed by atoms with Crippen LogP contribution in [-0.2, 0) is 24.1 Å². The van der Waals surface area contributed by atoms with Gasteiger partial charge in [-0.15, -0.1) is 0 Å². The van der Waals surface area contributed by atoms with Gasteiger partial charge in [-0.3, -0.25) is 4.79 Å². The third-order valence-electron chi connectivity index (χ3n) is 4.50. The van der Waals surface area contributed by atoms with Crippen molar-refractivity contribution in [2.75, 3.05) is 0 Å². The molecule has 0 aliphatic heterocycles. The van der Waals surface area contributed by atoms with Crippen molar-refractivity contribution in [2.45, 2.75) is 38.6 Å². The van der Waals surface area contributed by atoms with Crippen LogP contribution in [0.25, 0.3) is 5.69 Å². The molecule has 1 atom stereocenters. The first-order valence-corrected chi connectivity index (χ1v) is 8.75. The molecule has 0 saturated heterocycles. The number of carbonyl (C=O) groups excluding carboxylic acids is 1. The van der Waals surface area contributed by atoms with E-state index >= 15 is 0 Å². The first-order valence-electron chi connectivity index (χ1n) is 8.75. The summed E-state index contributed by atoms with van der Waals surface area (Å²) in [4.78, 5) is 22.7. The van der Waals surface area contributed by atoms with Gasteiger partial charge in [-0.1, -0.05) is 18.2 Å².